The minimum Gasteiger partial charge on any atom is -0.478 e. The molecule has 2 amide bonds. The van der Waals surface area contributed by atoms with Gasteiger partial charge in [-0.1, -0.05) is 19.1 Å². The number of hydrogen-bond donors (Lipinski definition) is 3. The first-order valence-electron chi connectivity index (χ1n) is 5.82. The third kappa shape index (κ3) is 2.57. The third-order valence-corrected chi connectivity index (χ3v) is 2.92. The number of nitrogens with one attached hydrogen (secondary N) is 2. The number of carboxylic acids is 1. The summed E-state index contributed by atoms with van der Waals surface area (Å²) < 4.78 is 13.2. The summed E-state index contributed by atoms with van der Waals surface area (Å²) in [5.74, 6) is -1.62. The summed E-state index contributed by atoms with van der Waals surface area (Å²) in [6.07, 6.45) is 0.376. The molecule has 100 valence electrons. The Labute approximate surface area is 109 Å². The first kappa shape index (κ1) is 13.1. The first-order chi connectivity index (χ1) is 9.02. The largest absolute Gasteiger partial charge is 0.478 e. The number of allylic oxidation sites excluding steroid dienone is 1. The second-order valence-corrected chi connectivity index (χ2v) is 4.14. The molecule has 1 aromatic carbocycles. The number of carbonyl (C=O) groups is 2. The molecule has 1 atom stereocenters. The number of amides is 2. The standard InChI is InChI=1S/C13H13FN2O3/c1-2-9-10(12(17)18)11(16-13(19)15-9)7-4-3-5-8(14)6-7/h3-6,11H,2H2,1H3,(H,17,18)(H2,15,16,19). The Hall–Kier alpha value is -2.37. The van der Waals surface area contributed by atoms with E-state index in [1.807, 2.05) is 0 Å². The van der Waals surface area contributed by atoms with Crippen LogP contribution in [0.25, 0.3) is 0 Å². The van der Waals surface area contributed by atoms with Gasteiger partial charge in [0.1, 0.15) is 5.82 Å². The van der Waals surface area contributed by atoms with Crippen LogP contribution in [0.5, 0.6) is 0 Å². The topological polar surface area (TPSA) is 78.4 Å². The van der Waals surface area contributed by atoms with Gasteiger partial charge in [-0.25, -0.2) is 14.0 Å². The summed E-state index contributed by atoms with van der Waals surface area (Å²) in [4.78, 5) is 22.9. The Morgan fingerprint density at radius 1 is 1.47 bits per heavy atom. The molecule has 0 bridgehead atoms. The van der Waals surface area contributed by atoms with Gasteiger partial charge in [-0.15, -0.1) is 0 Å². The van der Waals surface area contributed by atoms with Gasteiger partial charge >= 0.3 is 12.0 Å². The lowest BCUT2D eigenvalue weighted by Gasteiger charge is -2.28. The fourth-order valence-corrected chi connectivity index (χ4v) is 2.09. The number of urea groups is 1. The van der Waals surface area contributed by atoms with E-state index < -0.39 is 23.9 Å². The number of benzene rings is 1. The van der Waals surface area contributed by atoms with E-state index in [0.717, 1.165) is 0 Å². The quantitative estimate of drug-likeness (QED) is 0.780. The molecule has 1 aromatic rings. The van der Waals surface area contributed by atoms with Crippen LogP contribution in [-0.2, 0) is 4.79 Å². The van der Waals surface area contributed by atoms with Gasteiger partial charge in [0, 0.05) is 5.70 Å². The van der Waals surface area contributed by atoms with Gasteiger partial charge in [0.25, 0.3) is 0 Å². The van der Waals surface area contributed by atoms with Crippen molar-refractivity contribution in [3.05, 3.63) is 46.9 Å². The SMILES string of the molecule is CCC1=C(C(=O)O)C(c2cccc(F)c2)NC(=O)N1. The molecule has 3 N–H and O–H groups in total. The van der Waals surface area contributed by atoms with Crippen LogP contribution >= 0.6 is 0 Å². The average molecular weight is 264 g/mol. The molecule has 1 heterocycles. The minimum atomic E-state index is -1.14. The molecule has 0 aromatic heterocycles. The highest BCUT2D eigenvalue weighted by atomic mass is 19.1. The Morgan fingerprint density at radius 3 is 2.79 bits per heavy atom. The lowest BCUT2D eigenvalue weighted by atomic mass is 9.94. The van der Waals surface area contributed by atoms with Crippen molar-refractivity contribution in [2.24, 2.45) is 0 Å². The van der Waals surface area contributed by atoms with Crippen molar-refractivity contribution in [1.29, 1.82) is 0 Å². The number of aliphatic carboxylic acids is 1. The van der Waals surface area contributed by atoms with Gasteiger partial charge in [0.15, 0.2) is 0 Å². The molecule has 0 aliphatic carbocycles. The molecule has 2 rings (SSSR count). The molecular formula is C13H13FN2O3. The molecular weight excluding hydrogens is 251 g/mol. The van der Waals surface area contributed by atoms with Gasteiger partial charge in [-0.05, 0) is 24.1 Å². The zero-order chi connectivity index (χ0) is 14.0. The highest BCUT2D eigenvalue weighted by Crippen LogP contribution is 2.28. The van der Waals surface area contributed by atoms with Gasteiger partial charge in [-0.2, -0.15) is 0 Å². The summed E-state index contributed by atoms with van der Waals surface area (Å²) in [6, 6.07) is 4.19. The van der Waals surface area contributed by atoms with Crippen molar-refractivity contribution < 1.29 is 19.1 Å². The van der Waals surface area contributed by atoms with Crippen LogP contribution in [-0.4, -0.2) is 17.1 Å². The van der Waals surface area contributed by atoms with E-state index in [0.29, 0.717) is 17.7 Å². The van der Waals surface area contributed by atoms with E-state index in [9.17, 15) is 19.1 Å². The van der Waals surface area contributed by atoms with E-state index in [1.54, 1.807) is 13.0 Å². The summed E-state index contributed by atoms with van der Waals surface area (Å²) in [5.41, 5.74) is 0.774. The fourth-order valence-electron chi connectivity index (χ4n) is 2.09. The first-order valence-corrected chi connectivity index (χ1v) is 5.82. The Balaban J connectivity index is 2.52. The zero-order valence-electron chi connectivity index (χ0n) is 10.2. The number of hydrogen-bond acceptors (Lipinski definition) is 2. The van der Waals surface area contributed by atoms with Crippen LogP contribution in [0.3, 0.4) is 0 Å². The van der Waals surface area contributed by atoms with Crippen LogP contribution in [0, 0.1) is 5.82 Å². The molecule has 1 aliphatic rings. The molecule has 1 unspecified atom stereocenters. The molecule has 0 spiro atoms. The third-order valence-electron chi connectivity index (χ3n) is 2.92. The van der Waals surface area contributed by atoms with E-state index in [-0.39, 0.29) is 5.57 Å². The molecule has 1 aliphatic heterocycles. The van der Waals surface area contributed by atoms with Gasteiger partial charge in [-0.3, -0.25) is 0 Å². The van der Waals surface area contributed by atoms with E-state index in [4.69, 9.17) is 0 Å². The van der Waals surface area contributed by atoms with E-state index in [1.165, 1.54) is 18.2 Å². The smallest absolute Gasteiger partial charge is 0.335 e. The number of halogens is 1. The van der Waals surface area contributed by atoms with Crippen LogP contribution in [0.4, 0.5) is 9.18 Å². The predicted octanol–water partition coefficient (Wildman–Crippen LogP) is 1.93. The van der Waals surface area contributed by atoms with E-state index >= 15 is 0 Å². The second kappa shape index (κ2) is 5.09. The summed E-state index contributed by atoms with van der Waals surface area (Å²) >= 11 is 0. The second-order valence-electron chi connectivity index (χ2n) is 4.14. The number of rotatable bonds is 3. The Kier molecular flexibility index (Phi) is 3.50. The number of carboxylic acid groups (broad SMARTS) is 1. The van der Waals surface area contributed by atoms with Crippen LogP contribution < -0.4 is 10.6 Å². The maximum absolute atomic E-state index is 13.2. The summed E-state index contributed by atoms with van der Waals surface area (Å²) in [6.45, 7) is 1.74. The minimum absolute atomic E-state index is 0.0349. The van der Waals surface area contributed by atoms with Crippen LogP contribution in [0.2, 0.25) is 0 Å². The van der Waals surface area contributed by atoms with Crippen molar-refractivity contribution >= 4 is 12.0 Å². The average Bonchev–Trinajstić information content (AvgIpc) is 2.37. The zero-order valence-corrected chi connectivity index (χ0v) is 10.2. The van der Waals surface area contributed by atoms with Crippen molar-refractivity contribution in [1.82, 2.24) is 10.6 Å². The maximum Gasteiger partial charge on any atom is 0.335 e. The molecule has 0 saturated carbocycles. The normalized spacial score (nSPS) is 18.8. The molecule has 0 radical (unpaired) electrons. The highest BCUT2D eigenvalue weighted by molar-refractivity contribution is 5.93. The van der Waals surface area contributed by atoms with E-state index in [2.05, 4.69) is 10.6 Å². The van der Waals surface area contributed by atoms with Gasteiger partial charge in [0.05, 0.1) is 11.6 Å². The molecule has 6 heteroatoms. The van der Waals surface area contributed by atoms with Gasteiger partial charge in [0.2, 0.25) is 0 Å². The van der Waals surface area contributed by atoms with Crippen molar-refractivity contribution in [3.63, 3.8) is 0 Å². The predicted molar refractivity (Wildman–Crippen MR) is 65.8 cm³/mol. The summed E-state index contributed by atoms with van der Waals surface area (Å²) in [5, 5.41) is 14.3. The monoisotopic (exact) mass is 264 g/mol. The fraction of sp³-hybridized carbons (Fsp3) is 0.231. The van der Waals surface area contributed by atoms with Crippen molar-refractivity contribution in [2.45, 2.75) is 19.4 Å². The van der Waals surface area contributed by atoms with Crippen molar-refractivity contribution in [2.75, 3.05) is 0 Å². The molecule has 0 fully saturated rings. The maximum atomic E-state index is 13.2. The lowest BCUT2D eigenvalue weighted by Crippen LogP contribution is -2.45. The molecule has 19 heavy (non-hydrogen) atoms. The molecule has 5 nitrogen and oxygen atoms in total. The number of carbonyl (C=O) groups excluding carboxylic acids is 1. The van der Waals surface area contributed by atoms with Crippen LogP contribution in [0.1, 0.15) is 24.9 Å². The highest BCUT2D eigenvalue weighted by Gasteiger charge is 2.31. The lowest BCUT2D eigenvalue weighted by molar-refractivity contribution is -0.133. The van der Waals surface area contributed by atoms with Crippen molar-refractivity contribution in [3.8, 4) is 0 Å². The molecule has 0 saturated heterocycles. The van der Waals surface area contributed by atoms with Gasteiger partial charge < -0.3 is 15.7 Å². The Bertz CT molecular complexity index is 569. The Morgan fingerprint density at radius 2 is 2.21 bits per heavy atom. The summed E-state index contributed by atoms with van der Waals surface area (Å²) in [7, 11) is 0. The van der Waals surface area contributed by atoms with Crippen LogP contribution in [0.15, 0.2) is 35.5 Å².